The third-order valence-corrected chi connectivity index (χ3v) is 5.61. The predicted molar refractivity (Wildman–Crippen MR) is 130 cm³/mol. The van der Waals surface area contributed by atoms with Crippen molar-refractivity contribution in [1.82, 2.24) is 5.43 Å². The number of amides is 1. The quantitative estimate of drug-likeness (QED) is 0.268. The third-order valence-electron chi connectivity index (χ3n) is 4.33. The van der Waals surface area contributed by atoms with E-state index in [0.29, 0.717) is 34.7 Å². The number of hydrogen-bond donors (Lipinski definition) is 1. The Kier molecular flexibility index (Phi) is 8.26. The normalized spacial score (nSPS) is 10.8. The minimum Gasteiger partial charge on any atom is -0.490 e. The standard InChI is InChI=1S/C24H22Br2N2O3/c1-3-30-22-13-18(14-27-28-24(29)19-6-4-5-7-20(19)25)12-21(26)23(22)31-15-17-10-8-16(2)9-11-17/h4-14H,3,15H2,1-2H3,(H,28,29)/b27-14-. The van der Waals surface area contributed by atoms with Crippen LogP contribution in [0.2, 0.25) is 0 Å². The first-order valence-electron chi connectivity index (χ1n) is 9.70. The summed E-state index contributed by atoms with van der Waals surface area (Å²) in [5.74, 6) is 0.922. The molecule has 0 unspecified atom stereocenters. The first-order valence-corrected chi connectivity index (χ1v) is 11.3. The van der Waals surface area contributed by atoms with Gasteiger partial charge in [0.15, 0.2) is 11.5 Å². The fraction of sp³-hybridized carbons (Fsp3) is 0.167. The van der Waals surface area contributed by atoms with E-state index in [9.17, 15) is 4.79 Å². The molecule has 1 N–H and O–H groups in total. The summed E-state index contributed by atoms with van der Waals surface area (Å²) in [6.45, 7) is 4.88. The van der Waals surface area contributed by atoms with Crippen molar-refractivity contribution in [2.24, 2.45) is 5.10 Å². The number of nitrogens with zero attached hydrogens (tertiary/aromatic N) is 1. The van der Waals surface area contributed by atoms with E-state index in [2.05, 4.69) is 61.4 Å². The highest BCUT2D eigenvalue weighted by Crippen LogP contribution is 2.37. The molecule has 0 saturated heterocycles. The summed E-state index contributed by atoms with van der Waals surface area (Å²) in [5.41, 5.74) is 6.08. The Balaban J connectivity index is 1.73. The van der Waals surface area contributed by atoms with Crippen LogP contribution in [0.25, 0.3) is 0 Å². The Morgan fingerprint density at radius 3 is 2.48 bits per heavy atom. The smallest absolute Gasteiger partial charge is 0.272 e. The molecule has 0 radical (unpaired) electrons. The number of rotatable bonds is 8. The highest BCUT2D eigenvalue weighted by atomic mass is 79.9. The first kappa shape index (κ1) is 23.0. The fourth-order valence-electron chi connectivity index (χ4n) is 2.78. The lowest BCUT2D eigenvalue weighted by Crippen LogP contribution is -2.18. The molecule has 0 aromatic heterocycles. The van der Waals surface area contributed by atoms with Crippen LogP contribution in [0.1, 0.15) is 34.0 Å². The van der Waals surface area contributed by atoms with Gasteiger partial charge in [-0.3, -0.25) is 4.79 Å². The average Bonchev–Trinajstić information content (AvgIpc) is 2.75. The molecule has 0 aliphatic rings. The zero-order chi connectivity index (χ0) is 22.2. The molecule has 3 rings (SSSR count). The van der Waals surface area contributed by atoms with Gasteiger partial charge in [0.2, 0.25) is 0 Å². The van der Waals surface area contributed by atoms with Gasteiger partial charge in [-0.2, -0.15) is 5.10 Å². The molecular weight excluding hydrogens is 524 g/mol. The maximum absolute atomic E-state index is 12.3. The van der Waals surface area contributed by atoms with Crippen LogP contribution in [0.3, 0.4) is 0 Å². The molecule has 31 heavy (non-hydrogen) atoms. The van der Waals surface area contributed by atoms with Gasteiger partial charge >= 0.3 is 0 Å². The Hall–Kier alpha value is -2.64. The number of hydrogen-bond acceptors (Lipinski definition) is 4. The number of hydrazone groups is 1. The number of carbonyl (C=O) groups excluding carboxylic acids is 1. The average molecular weight is 546 g/mol. The second-order valence-corrected chi connectivity index (χ2v) is 8.42. The Morgan fingerprint density at radius 1 is 1.03 bits per heavy atom. The molecule has 0 fully saturated rings. The lowest BCUT2D eigenvalue weighted by molar-refractivity contribution is 0.0954. The molecular formula is C24H22Br2N2O3. The topological polar surface area (TPSA) is 59.9 Å². The predicted octanol–water partition coefficient (Wildman–Crippen LogP) is 6.26. The third kappa shape index (κ3) is 6.42. The van der Waals surface area contributed by atoms with Crippen LogP contribution in [-0.4, -0.2) is 18.7 Å². The molecule has 0 aliphatic carbocycles. The number of nitrogens with one attached hydrogen (secondary N) is 1. The SMILES string of the molecule is CCOc1cc(/C=N\NC(=O)c2ccccc2Br)cc(Br)c1OCc1ccc(C)cc1. The van der Waals surface area contributed by atoms with Crippen LogP contribution in [-0.2, 0) is 6.61 Å². The van der Waals surface area contributed by atoms with Crippen molar-refractivity contribution < 1.29 is 14.3 Å². The highest BCUT2D eigenvalue weighted by molar-refractivity contribution is 9.10. The van der Waals surface area contributed by atoms with Gasteiger partial charge in [0, 0.05) is 4.47 Å². The van der Waals surface area contributed by atoms with Crippen LogP contribution >= 0.6 is 31.9 Å². The fourth-order valence-corrected chi connectivity index (χ4v) is 3.82. The molecule has 160 valence electrons. The van der Waals surface area contributed by atoms with E-state index >= 15 is 0 Å². The number of ether oxygens (including phenoxy) is 2. The molecule has 0 saturated carbocycles. The minimum atomic E-state index is -0.300. The summed E-state index contributed by atoms with van der Waals surface area (Å²) in [7, 11) is 0. The van der Waals surface area contributed by atoms with Gasteiger partial charge in [-0.1, -0.05) is 42.0 Å². The molecule has 0 heterocycles. The maximum Gasteiger partial charge on any atom is 0.272 e. The van der Waals surface area contributed by atoms with Gasteiger partial charge in [0.05, 0.1) is 22.9 Å². The minimum absolute atomic E-state index is 0.300. The molecule has 0 atom stereocenters. The molecule has 1 amide bonds. The van der Waals surface area contributed by atoms with E-state index in [0.717, 1.165) is 15.6 Å². The lowest BCUT2D eigenvalue weighted by atomic mass is 10.1. The Morgan fingerprint density at radius 2 is 1.77 bits per heavy atom. The molecule has 0 spiro atoms. The van der Waals surface area contributed by atoms with Gasteiger partial charge in [-0.05, 0) is 81.1 Å². The van der Waals surface area contributed by atoms with Crippen LogP contribution in [0, 0.1) is 6.92 Å². The van der Waals surface area contributed by atoms with E-state index < -0.39 is 0 Å². The molecule has 3 aromatic rings. The van der Waals surface area contributed by atoms with Crippen molar-refractivity contribution in [3.8, 4) is 11.5 Å². The zero-order valence-corrected chi connectivity index (χ0v) is 20.4. The Bertz CT molecular complexity index is 1080. The monoisotopic (exact) mass is 544 g/mol. The Labute approximate surface area is 198 Å². The van der Waals surface area contributed by atoms with Crippen molar-refractivity contribution in [2.45, 2.75) is 20.5 Å². The zero-order valence-electron chi connectivity index (χ0n) is 17.2. The summed E-state index contributed by atoms with van der Waals surface area (Å²) in [6.07, 6.45) is 1.56. The summed E-state index contributed by atoms with van der Waals surface area (Å²) in [5, 5.41) is 4.07. The van der Waals surface area contributed by atoms with Gasteiger partial charge in [0.1, 0.15) is 6.61 Å². The molecule has 3 aromatic carbocycles. The van der Waals surface area contributed by atoms with E-state index in [-0.39, 0.29) is 5.91 Å². The van der Waals surface area contributed by atoms with Gasteiger partial charge in [-0.25, -0.2) is 5.43 Å². The number of benzene rings is 3. The number of halogens is 2. The largest absolute Gasteiger partial charge is 0.490 e. The van der Waals surface area contributed by atoms with Gasteiger partial charge < -0.3 is 9.47 Å². The maximum atomic E-state index is 12.3. The van der Waals surface area contributed by atoms with Crippen molar-refractivity contribution in [3.63, 3.8) is 0 Å². The molecule has 5 nitrogen and oxygen atoms in total. The first-order chi connectivity index (χ1) is 15.0. The van der Waals surface area contributed by atoms with Crippen molar-refractivity contribution >= 4 is 44.0 Å². The van der Waals surface area contributed by atoms with Crippen LogP contribution in [0.4, 0.5) is 0 Å². The van der Waals surface area contributed by atoms with Crippen molar-refractivity contribution in [1.29, 1.82) is 0 Å². The highest BCUT2D eigenvalue weighted by Gasteiger charge is 2.13. The molecule has 0 aliphatic heterocycles. The molecule has 7 heteroatoms. The lowest BCUT2D eigenvalue weighted by Gasteiger charge is -2.15. The van der Waals surface area contributed by atoms with E-state index in [4.69, 9.17) is 9.47 Å². The second kappa shape index (κ2) is 11.1. The van der Waals surface area contributed by atoms with E-state index in [1.54, 1.807) is 24.4 Å². The van der Waals surface area contributed by atoms with Crippen molar-refractivity contribution in [3.05, 3.63) is 91.9 Å². The van der Waals surface area contributed by atoms with E-state index in [1.807, 2.05) is 37.3 Å². The van der Waals surface area contributed by atoms with E-state index in [1.165, 1.54) is 5.56 Å². The number of aryl methyl sites for hydroxylation is 1. The number of carbonyl (C=O) groups is 1. The van der Waals surface area contributed by atoms with Gasteiger partial charge in [-0.15, -0.1) is 0 Å². The van der Waals surface area contributed by atoms with Crippen LogP contribution < -0.4 is 14.9 Å². The molecule has 0 bridgehead atoms. The van der Waals surface area contributed by atoms with Gasteiger partial charge in [0.25, 0.3) is 5.91 Å². The second-order valence-electron chi connectivity index (χ2n) is 6.72. The van der Waals surface area contributed by atoms with Crippen LogP contribution in [0.15, 0.2) is 74.7 Å². The summed E-state index contributed by atoms with van der Waals surface area (Å²) < 4.78 is 13.2. The van der Waals surface area contributed by atoms with Crippen LogP contribution in [0.5, 0.6) is 11.5 Å². The summed E-state index contributed by atoms with van der Waals surface area (Å²) >= 11 is 6.92. The summed E-state index contributed by atoms with van der Waals surface area (Å²) in [4.78, 5) is 12.3. The van der Waals surface area contributed by atoms with Crippen molar-refractivity contribution in [2.75, 3.05) is 6.61 Å². The summed E-state index contributed by atoms with van der Waals surface area (Å²) in [6, 6.07) is 19.0.